The van der Waals surface area contributed by atoms with Gasteiger partial charge in [-0.25, -0.2) is 4.79 Å². The van der Waals surface area contributed by atoms with E-state index in [2.05, 4.69) is 47.9 Å². The second-order valence-corrected chi connectivity index (χ2v) is 20.4. The lowest BCUT2D eigenvalue weighted by atomic mass is 10.0. The monoisotopic (exact) mass is 1090 g/mol. The van der Waals surface area contributed by atoms with E-state index < -0.39 is 131 Å². The lowest BCUT2D eigenvalue weighted by Crippen LogP contribution is -2.60. The predicted molar refractivity (Wildman–Crippen MR) is 285 cm³/mol. The number of nitrogens with one attached hydrogen (secondary N) is 9. The number of hydrogen-bond donors (Lipinski definition) is 15. The Morgan fingerprint density at radius 2 is 0.857 bits per heavy atom. The topological polar surface area (TPSA) is 441 Å². The van der Waals surface area contributed by atoms with Crippen LogP contribution in [-0.2, 0) is 59.2 Å². The molecule has 10 atom stereocenters. The summed E-state index contributed by atoms with van der Waals surface area (Å²) in [5, 5.41) is 42.5. The minimum absolute atomic E-state index is 0.0120. The summed E-state index contributed by atoms with van der Waals surface area (Å²) in [6, 6.07) is -6.67. The quantitative estimate of drug-likeness (QED) is 0.0313. The van der Waals surface area contributed by atoms with Gasteiger partial charge in [-0.1, -0.05) is 53.7 Å². The molecular formula is C51H87N13O13. The number of amides is 10. The molecule has 26 heteroatoms. The number of unbranched alkanes of at least 4 members (excludes halogenated alkanes) is 2. The van der Waals surface area contributed by atoms with Gasteiger partial charge in [-0.15, -0.1) is 0 Å². The Kier molecular flexibility index (Phi) is 30.7. The number of hydrogen-bond acceptors (Lipinski definition) is 15. The Bertz CT molecular complexity index is 2140. The molecule has 0 aliphatic heterocycles. The number of carboxylic acids is 1. The third-order valence-corrected chi connectivity index (χ3v) is 12.3. The first-order valence-corrected chi connectivity index (χ1v) is 26.2. The van der Waals surface area contributed by atoms with Crippen molar-refractivity contribution in [3.63, 3.8) is 0 Å². The zero-order valence-electron chi connectivity index (χ0n) is 46.0. The number of rotatable bonds is 36. The highest BCUT2D eigenvalue weighted by molar-refractivity contribution is 5.98. The van der Waals surface area contributed by atoms with E-state index in [1.54, 1.807) is 41.5 Å². The van der Waals surface area contributed by atoms with E-state index in [-0.39, 0.29) is 69.2 Å². The number of primary amides is 1. The molecule has 434 valence electrons. The summed E-state index contributed by atoms with van der Waals surface area (Å²) < 4.78 is 0. The largest absolute Gasteiger partial charge is 0.508 e. The highest BCUT2D eigenvalue weighted by Gasteiger charge is 2.35. The van der Waals surface area contributed by atoms with Crippen LogP contribution < -0.4 is 70.8 Å². The molecular weight excluding hydrogens is 1000 g/mol. The Hall–Kier alpha value is -6.93. The number of aliphatic carboxylic acids is 1. The maximum absolute atomic E-state index is 13.9. The maximum Gasteiger partial charge on any atom is 0.326 e. The van der Waals surface area contributed by atoms with Gasteiger partial charge in [-0.2, -0.15) is 0 Å². The van der Waals surface area contributed by atoms with Crippen molar-refractivity contribution in [1.29, 1.82) is 0 Å². The van der Waals surface area contributed by atoms with Crippen LogP contribution >= 0.6 is 0 Å². The lowest BCUT2D eigenvalue weighted by molar-refractivity contribution is -0.142. The van der Waals surface area contributed by atoms with Crippen LogP contribution in [0.1, 0.15) is 126 Å². The SMILES string of the molecule is CC(C)C[C@H](NC(=O)[C@H](C)NC(=O)[C@H](CCCCN)NC(=O)[C@H](C)NC(=O)[C@H](CCCCN)NC(=O)[C@H](CCC(N)=O)NC(=O)[C@@H](NC(=O)[C@H](C)NC(=O)[C@@H](N)C(C)C)C(C)C)C(=O)N[C@@H](Cc1ccc(O)cc1)C(=O)O. The van der Waals surface area contributed by atoms with Crippen molar-refractivity contribution in [3.8, 4) is 5.75 Å². The molecule has 1 rings (SSSR count). The molecule has 0 unspecified atom stereocenters. The van der Waals surface area contributed by atoms with E-state index >= 15 is 0 Å². The van der Waals surface area contributed by atoms with Crippen LogP contribution in [0.5, 0.6) is 5.75 Å². The van der Waals surface area contributed by atoms with Crippen molar-refractivity contribution in [2.75, 3.05) is 13.1 Å². The fourth-order valence-electron chi connectivity index (χ4n) is 7.50. The van der Waals surface area contributed by atoms with E-state index in [0.717, 1.165) is 0 Å². The molecule has 0 saturated carbocycles. The molecule has 0 bridgehead atoms. The van der Waals surface area contributed by atoms with Gasteiger partial charge in [0.1, 0.15) is 60.1 Å². The molecule has 26 nitrogen and oxygen atoms in total. The Labute approximate surface area is 451 Å². The Morgan fingerprint density at radius 1 is 0.468 bits per heavy atom. The molecule has 0 aliphatic carbocycles. The van der Waals surface area contributed by atoms with Crippen LogP contribution in [0.25, 0.3) is 0 Å². The molecule has 1 aromatic rings. The molecule has 0 fully saturated rings. The molecule has 0 aromatic heterocycles. The Balaban J connectivity index is 3.24. The fourth-order valence-corrected chi connectivity index (χ4v) is 7.50. The van der Waals surface area contributed by atoms with Crippen molar-refractivity contribution >= 4 is 65.0 Å². The van der Waals surface area contributed by atoms with E-state index in [9.17, 15) is 63.0 Å². The highest BCUT2D eigenvalue weighted by Crippen LogP contribution is 2.14. The van der Waals surface area contributed by atoms with Crippen LogP contribution in [0, 0.1) is 17.8 Å². The summed E-state index contributed by atoms with van der Waals surface area (Å²) in [5.74, 6) is -10.1. The average Bonchev–Trinajstić information content (AvgIpc) is 3.35. The number of carboxylic acid groups (broad SMARTS) is 1. The first-order chi connectivity index (χ1) is 36.0. The van der Waals surface area contributed by atoms with E-state index in [0.29, 0.717) is 31.2 Å². The first-order valence-electron chi connectivity index (χ1n) is 26.2. The number of carbonyl (C=O) groups excluding carboxylic acids is 10. The second kappa shape index (κ2) is 34.7. The highest BCUT2D eigenvalue weighted by atomic mass is 16.4. The van der Waals surface area contributed by atoms with Crippen molar-refractivity contribution in [2.45, 2.75) is 187 Å². The van der Waals surface area contributed by atoms with Crippen LogP contribution in [0.3, 0.4) is 0 Å². The molecule has 0 saturated heterocycles. The molecule has 0 heterocycles. The molecule has 0 radical (unpaired) electrons. The summed E-state index contributed by atoms with van der Waals surface area (Å²) >= 11 is 0. The van der Waals surface area contributed by atoms with Gasteiger partial charge in [-0.3, -0.25) is 47.9 Å². The molecule has 0 spiro atoms. The number of phenolic OH excluding ortho intramolecular Hbond substituents is 1. The summed E-state index contributed by atoms with van der Waals surface area (Å²) in [4.78, 5) is 146. The smallest absolute Gasteiger partial charge is 0.326 e. The summed E-state index contributed by atoms with van der Waals surface area (Å²) in [5.41, 5.74) is 23.2. The van der Waals surface area contributed by atoms with Crippen LogP contribution in [0.2, 0.25) is 0 Å². The van der Waals surface area contributed by atoms with Crippen LogP contribution in [-0.4, -0.2) is 149 Å². The number of carbonyl (C=O) groups is 11. The standard InChI is InChI=1S/C51H87N13O13/c1-26(2)24-37(48(73)63-38(51(76)77)25-32-16-18-33(65)19-17-32)62-43(68)30(8)57-45(70)34(14-10-12-22-52)59-42(67)29(7)56-46(71)35(15-11-13-23-53)60-47(72)36(20-21-39(54)66)61-50(75)41(28(5)6)64-44(69)31(9)58-49(74)40(55)27(3)4/h16-19,26-31,34-38,40-41,65H,10-15,20-25,52-53,55H2,1-9H3,(H2,54,66)(H,56,71)(H,57,70)(H,58,74)(H,59,67)(H,60,72)(H,61,75)(H,62,68)(H,63,73)(H,64,69)(H,76,77)/t29-,30-,31-,34-,35-,36-,37-,38-,40-,41-/m0/s1. The summed E-state index contributed by atoms with van der Waals surface area (Å²) in [6.07, 6.45) is 0.967. The zero-order valence-corrected chi connectivity index (χ0v) is 46.0. The Morgan fingerprint density at radius 3 is 1.29 bits per heavy atom. The minimum atomic E-state index is -1.46. The molecule has 77 heavy (non-hydrogen) atoms. The molecule has 0 aliphatic rings. The number of phenols is 1. The van der Waals surface area contributed by atoms with Gasteiger partial charge in [-0.05, 0) is 121 Å². The molecule has 1 aromatic carbocycles. The number of nitrogens with two attached hydrogens (primary N) is 4. The zero-order chi connectivity index (χ0) is 58.7. The van der Waals surface area contributed by atoms with Crippen molar-refractivity contribution in [3.05, 3.63) is 29.8 Å². The average molecular weight is 1090 g/mol. The van der Waals surface area contributed by atoms with Gasteiger partial charge in [0.05, 0.1) is 6.04 Å². The number of aromatic hydroxyl groups is 1. The van der Waals surface area contributed by atoms with Crippen molar-refractivity contribution in [1.82, 2.24) is 47.9 Å². The van der Waals surface area contributed by atoms with Crippen LogP contribution in [0.4, 0.5) is 0 Å². The molecule has 10 amide bonds. The van der Waals surface area contributed by atoms with Crippen LogP contribution in [0.15, 0.2) is 24.3 Å². The lowest BCUT2D eigenvalue weighted by Gasteiger charge is -2.28. The fraction of sp³-hybridized carbons (Fsp3) is 0.667. The van der Waals surface area contributed by atoms with Crippen molar-refractivity contribution < 1.29 is 63.0 Å². The van der Waals surface area contributed by atoms with Gasteiger partial charge in [0.25, 0.3) is 0 Å². The minimum Gasteiger partial charge on any atom is -0.508 e. The van der Waals surface area contributed by atoms with E-state index in [4.69, 9.17) is 22.9 Å². The van der Waals surface area contributed by atoms with Gasteiger partial charge >= 0.3 is 5.97 Å². The maximum atomic E-state index is 13.9. The summed E-state index contributed by atoms with van der Waals surface area (Å²) in [7, 11) is 0. The third kappa shape index (κ3) is 25.6. The summed E-state index contributed by atoms with van der Waals surface area (Å²) in [6.45, 7) is 14.9. The number of benzene rings is 1. The van der Waals surface area contributed by atoms with E-state index in [1.807, 2.05) is 0 Å². The predicted octanol–water partition coefficient (Wildman–Crippen LogP) is -2.35. The normalized spacial score (nSPS) is 15.2. The first kappa shape index (κ1) is 68.1. The van der Waals surface area contributed by atoms with Gasteiger partial charge in [0.15, 0.2) is 0 Å². The molecule has 19 N–H and O–H groups in total. The third-order valence-electron chi connectivity index (χ3n) is 12.3. The second-order valence-electron chi connectivity index (χ2n) is 20.4. The van der Waals surface area contributed by atoms with Gasteiger partial charge < -0.3 is 81.0 Å². The van der Waals surface area contributed by atoms with Gasteiger partial charge in [0.2, 0.25) is 59.1 Å². The van der Waals surface area contributed by atoms with Gasteiger partial charge in [0, 0.05) is 12.8 Å². The van der Waals surface area contributed by atoms with Crippen molar-refractivity contribution in [2.24, 2.45) is 40.7 Å². The van der Waals surface area contributed by atoms with E-state index in [1.165, 1.54) is 45.0 Å².